The van der Waals surface area contributed by atoms with Gasteiger partial charge in [-0.3, -0.25) is 10.1 Å². The van der Waals surface area contributed by atoms with E-state index in [0.717, 1.165) is 11.3 Å². The molecule has 0 amide bonds. The first-order valence-electron chi connectivity index (χ1n) is 7.10. The second-order valence-corrected chi connectivity index (χ2v) is 5.44. The van der Waals surface area contributed by atoms with E-state index in [1.165, 1.54) is 12.1 Å². The molecule has 0 heterocycles. The van der Waals surface area contributed by atoms with Crippen molar-refractivity contribution in [2.24, 2.45) is 0 Å². The van der Waals surface area contributed by atoms with Crippen molar-refractivity contribution in [3.8, 4) is 5.75 Å². The number of ether oxygens (including phenoxy) is 1. The fourth-order valence-electron chi connectivity index (χ4n) is 1.84. The average molecular weight is 312 g/mol. The number of hydrogen-bond donors (Lipinski definition) is 0. The van der Waals surface area contributed by atoms with Crippen molar-refractivity contribution in [3.05, 3.63) is 69.8 Å². The van der Waals surface area contributed by atoms with Gasteiger partial charge in [-0.25, -0.2) is 0 Å². The van der Waals surface area contributed by atoms with Crippen LogP contribution in [0.2, 0.25) is 0 Å². The third-order valence-corrected chi connectivity index (χ3v) is 2.92. The third kappa shape index (κ3) is 6.12. The molecule has 0 saturated heterocycles. The lowest BCUT2D eigenvalue weighted by Gasteiger charge is -2.13. The maximum absolute atomic E-state index is 10.7. The zero-order valence-corrected chi connectivity index (χ0v) is 13.9. The molecule has 0 aromatic heterocycles. The second kappa shape index (κ2) is 8.95. The molecule has 23 heavy (non-hydrogen) atoms. The molecule has 5 nitrogen and oxygen atoms in total. The van der Waals surface area contributed by atoms with Crippen LogP contribution in [-0.2, 0) is 0 Å². The van der Waals surface area contributed by atoms with Crippen LogP contribution in [-0.4, -0.2) is 45.9 Å². The second-order valence-electron chi connectivity index (χ2n) is 5.44. The van der Waals surface area contributed by atoms with Crippen LogP contribution < -0.4 is 4.74 Å². The Balaban J connectivity index is 0.000000593. The molecule has 6 heteroatoms. The zero-order valence-electron chi connectivity index (χ0n) is 13.9. The van der Waals surface area contributed by atoms with Gasteiger partial charge in [0.1, 0.15) is 5.75 Å². The van der Waals surface area contributed by atoms with Crippen molar-refractivity contribution in [1.29, 1.82) is 0 Å². The van der Waals surface area contributed by atoms with Crippen molar-refractivity contribution in [3.63, 3.8) is 0 Å². The molecule has 0 N–H and O–H groups in total. The van der Waals surface area contributed by atoms with Crippen molar-refractivity contribution in [2.75, 3.05) is 28.3 Å². The van der Waals surface area contributed by atoms with Crippen molar-refractivity contribution in [2.45, 2.75) is 5.82 Å². The summed E-state index contributed by atoms with van der Waals surface area (Å²) in [6.07, 6.45) is 0. The van der Waals surface area contributed by atoms with Crippen LogP contribution in [0.3, 0.4) is 0 Å². The summed E-state index contributed by atoms with van der Waals surface area (Å²) in [6.45, 7) is 0. The maximum Gasteiger partial charge on any atom is 0.269 e. The monoisotopic (exact) mass is 312 g/mol. The number of benzene rings is 2. The van der Waals surface area contributed by atoms with Crippen LogP contribution in [0.15, 0.2) is 48.5 Å². The molecule has 2 aromatic carbocycles. The SMILES string of the molecule is CN(C)C.[B]C(c1ccc(OC)cc1)c1cccc([N+](=O)[O-])c1. The van der Waals surface area contributed by atoms with E-state index in [1.807, 2.05) is 50.3 Å². The molecule has 1 unspecified atom stereocenters. The zero-order chi connectivity index (χ0) is 17.4. The molecule has 0 aliphatic carbocycles. The van der Waals surface area contributed by atoms with Gasteiger partial charge in [0.2, 0.25) is 0 Å². The largest absolute Gasteiger partial charge is 0.497 e. The highest BCUT2D eigenvalue weighted by molar-refractivity contribution is 6.14. The molecule has 2 rings (SSSR count). The number of nitrogens with zero attached hydrogens (tertiary/aromatic N) is 2. The summed E-state index contributed by atoms with van der Waals surface area (Å²) in [6, 6.07) is 13.7. The summed E-state index contributed by atoms with van der Waals surface area (Å²) >= 11 is 0. The van der Waals surface area contributed by atoms with Crippen molar-refractivity contribution in [1.82, 2.24) is 4.90 Å². The van der Waals surface area contributed by atoms with E-state index < -0.39 is 10.7 Å². The Hall–Kier alpha value is -2.34. The summed E-state index contributed by atoms with van der Waals surface area (Å²) in [5.74, 6) is 0.348. The maximum atomic E-state index is 10.7. The van der Waals surface area contributed by atoms with Gasteiger partial charge in [-0.2, -0.15) is 0 Å². The molecular weight excluding hydrogens is 291 g/mol. The predicted octanol–water partition coefficient (Wildman–Crippen LogP) is 3.04. The Bertz CT molecular complexity index is 627. The number of rotatable bonds is 4. The van der Waals surface area contributed by atoms with Crippen LogP contribution >= 0.6 is 0 Å². The van der Waals surface area contributed by atoms with E-state index in [0.29, 0.717) is 5.56 Å². The van der Waals surface area contributed by atoms with Gasteiger partial charge in [0, 0.05) is 12.1 Å². The lowest BCUT2D eigenvalue weighted by molar-refractivity contribution is -0.384. The topological polar surface area (TPSA) is 55.6 Å². The van der Waals surface area contributed by atoms with Crippen molar-refractivity contribution >= 4 is 13.5 Å². The highest BCUT2D eigenvalue weighted by Crippen LogP contribution is 2.26. The normalized spacial score (nSPS) is 11.3. The van der Waals surface area contributed by atoms with E-state index in [1.54, 1.807) is 19.2 Å². The molecule has 0 spiro atoms. The van der Waals surface area contributed by atoms with Crippen molar-refractivity contribution < 1.29 is 9.66 Å². The Kier molecular flexibility index (Phi) is 7.28. The van der Waals surface area contributed by atoms with Gasteiger partial charge in [-0.1, -0.05) is 24.3 Å². The van der Waals surface area contributed by atoms with E-state index in [2.05, 4.69) is 0 Å². The van der Waals surface area contributed by atoms with Gasteiger partial charge in [0.05, 0.1) is 19.9 Å². The summed E-state index contributed by atoms with van der Waals surface area (Å²) in [5.41, 5.74) is 1.63. The average Bonchev–Trinajstić information content (AvgIpc) is 2.54. The smallest absolute Gasteiger partial charge is 0.269 e. The number of nitro groups is 1. The summed E-state index contributed by atoms with van der Waals surface area (Å²) < 4.78 is 5.08. The number of hydrogen-bond acceptors (Lipinski definition) is 4. The van der Waals surface area contributed by atoms with Gasteiger partial charge in [-0.05, 0) is 50.2 Å². The van der Waals surface area contributed by atoms with Gasteiger partial charge >= 0.3 is 0 Å². The first kappa shape index (κ1) is 18.7. The molecule has 0 saturated carbocycles. The molecule has 0 aliphatic heterocycles. The lowest BCUT2D eigenvalue weighted by Crippen LogP contribution is -2.01. The minimum Gasteiger partial charge on any atom is -0.497 e. The third-order valence-electron chi connectivity index (χ3n) is 2.92. The Labute approximate surface area is 138 Å². The molecule has 2 aromatic rings. The van der Waals surface area contributed by atoms with Gasteiger partial charge in [-0.15, -0.1) is 0 Å². The number of methoxy groups -OCH3 is 1. The molecule has 2 radical (unpaired) electrons. The quantitative estimate of drug-likeness (QED) is 0.495. The fraction of sp³-hybridized carbons (Fsp3) is 0.294. The van der Waals surface area contributed by atoms with E-state index in [-0.39, 0.29) is 5.69 Å². The molecule has 1 atom stereocenters. The first-order valence-corrected chi connectivity index (χ1v) is 7.10. The number of nitro benzene ring substituents is 1. The fourth-order valence-corrected chi connectivity index (χ4v) is 1.84. The molecule has 0 bridgehead atoms. The Morgan fingerprint density at radius 3 is 2.13 bits per heavy atom. The van der Waals surface area contributed by atoms with Crippen LogP contribution in [0.1, 0.15) is 16.9 Å². The van der Waals surface area contributed by atoms with Gasteiger partial charge < -0.3 is 9.64 Å². The minimum absolute atomic E-state index is 0.0430. The van der Waals surface area contributed by atoms with Gasteiger partial charge in [0.25, 0.3) is 5.69 Å². The summed E-state index contributed by atoms with van der Waals surface area (Å²) in [5, 5.41) is 10.7. The predicted molar refractivity (Wildman–Crippen MR) is 93.3 cm³/mol. The van der Waals surface area contributed by atoms with Crippen LogP contribution in [0.5, 0.6) is 5.75 Å². The van der Waals surface area contributed by atoms with Crippen LogP contribution in [0.25, 0.3) is 0 Å². The first-order chi connectivity index (χ1) is 10.8. The molecule has 0 aliphatic rings. The van der Waals surface area contributed by atoms with E-state index in [4.69, 9.17) is 12.6 Å². The summed E-state index contributed by atoms with van der Waals surface area (Å²) in [4.78, 5) is 12.3. The number of non-ortho nitro benzene ring substituents is 1. The summed E-state index contributed by atoms with van der Waals surface area (Å²) in [7, 11) is 13.7. The Morgan fingerprint density at radius 1 is 1.09 bits per heavy atom. The minimum atomic E-state index is -0.426. The molecule has 0 fully saturated rings. The Morgan fingerprint density at radius 2 is 1.65 bits per heavy atom. The molecular formula is C17H21BN2O3. The van der Waals surface area contributed by atoms with E-state index in [9.17, 15) is 10.1 Å². The highest BCUT2D eigenvalue weighted by atomic mass is 16.6. The molecule has 120 valence electrons. The van der Waals surface area contributed by atoms with Crippen LogP contribution in [0.4, 0.5) is 5.69 Å². The lowest BCUT2D eigenvalue weighted by atomic mass is 9.76. The highest BCUT2D eigenvalue weighted by Gasteiger charge is 2.12. The van der Waals surface area contributed by atoms with Crippen LogP contribution in [0, 0.1) is 10.1 Å². The van der Waals surface area contributed by atoms with Gasteiger partial charge in [0.15, 0.2) is 0 Å². The van der Waals surface area contributed by atoms with E-state index >= 15 is 0 Å². The standard InChI is InChI=1S/C14H12BNO3.C3H9N/c1-19-13-7-5-10(6-8-13)14(15)11-3-2-4-12(9-11)16(17)18;1-4(2)3/h2-9,14H,1H3;1-3H3.